The SMILES string of the molecule is CO[C@@H]1[C@@H](O)[C@@H](CO)O[C@H]1n1cnc2c(=O)[nH]c(N)nc21. The lowest BCUT2D eigenvalue weighted by Gasteiger charge is -2.19. The number of H-pyrrole nitrogens is 1. The largest absolute Gasteiger partial charge is 0.394 e. The summed E-state index contributed by atoms with van der Waals surface area (Å²) in [5, 5.41) is 19.3. The van der Waals surface area contributed by atoms with Gasteiger partial charge in [-0.2, -0.15) is 4.98 Å². The standard InChI is InChI=1S/C11H15N5O5/c1-20-7-6(18)4(2-17)21-10(7)16-3-13-5-8(16)14-11(12)15-9(5)19/h3-4,6-7,10,17-18H,2H2,1H3,(H3,12,14,15,19)/t4-,6+,7-,10-/m1/s1. The molecular formula is C11H15N5O5. The molecule has 10 nitrogen and oxygen atoms in total. The summed E-state index contributed by atoms with van der Waals surface area (Å²) < 4.78 is 12.2. The summed E-state index contributed by atoms with van der Waals surface area (Å²) in [7, 11) is 1.41. The molecule has 2 aromatic rings. The number of aliphatic hydroxyl groups excluding tert-OH is 2. The lowest BCUT2D eigenvalue weighted by atomic mass is 10.1. The van der Waals surface area contributed by atoms with Crippen molar-refractivity contribution in [3.05, 3.63) is 16.7 Å². The Morgan fingerprint density at radius 3 is 3.05 bits per heavy atom. The molecule has 0 spiro atoms. The lowest BCUT2D eigenvalue weighted by Crippen LogP contribution is -2.34. The summed E-state index contributed by atoms with van der Waals surface area (Å²) in [5.41, 5.74) is 5.38. The van der Waals surface area contributed by atoms with E-state index in [1.165, 1.54) is 18.0 Å². The monoisotopic (exact) mass is 297 g/mol. The number of nitrogens with two attached hydrogens (primary N) is 1. The molecule has 0 saturated carbocycles. The van der Waals surface area contributed by atoms with Crippen LogP contribution in [0.25, 0.3) is 11.2 Å². The second kappa shape index (κ2) is 5.07. The number of aliphatic hydroxyl groups is 2. The van der Waals surface area contributed by atoms with E-state index in [-0.39, 0.29) is 23.7 Å². The quantitative estimate of drug-likeness (QED) is 0.506. The Morgan fingerprint density at radius 1 is 1.62 bits per heavy atom. The molecule has 3 rings (SSSR count). The van der Waals surface area contributed by atoms with Gasteiger partial charge in [0.1, 0.15) is 18.3 Å². The number of imidazole rings is 1. The Hall–Kier alpha value is -2.01. The maximum absolute atomic E-state index is 11.8. The molecule has 1 aliphatic rings. The van der Waals surface area contributed by atoms with Crippen LogP contribution >= 0.6 is 0 Å². The van der Waals surface area contributed by atoms with Crippen molar-refractivity contribution in [2.45, 2.75) is 24.5 Å². The normalized spacial score (nSPS) is 29.3. The molecule has 1 fully saturated rings. The second-order valence-corrected chi connectivity index (χ2v) is 4.71. The van der Waals surface area contributed by atoms with Crippen molar-refractivity contribution in [2.75, 3.05) is 19.5 Å². The highest BCUT2D eigenvalue weighted by Gasteiger charge is 2.45. The lowest BCUT2D eigenvalue weighted by molar-refractivity contribution is -0.0583. The Morgan fingerprint density at radius 2 is 2.38 bits per heavy atom. The molecule has 0 unspecified atom stereocenters. The van der Waals surface area contributed by atoms with E-state index in [4.69, 9.17) is 15.2 Å². The number of nitrogen functional groups attached to an aromatic ring is 1. The van der Waals surface area contributed by atoms with Crippen LogP contribution in [0.1, 0.15) is 6.23 Å². The fourth-order valence-electron chi connectivity index (χ4n) is 2.48. The Kier molecular flexibility index (Phi) is 3.37. The summed E-state index contributed by atoms with van der Waals surface area (Å²) in [5.74, 6) is -0.0551. The van der Waals surface area contributed by atoms with Gasteiger partial charge in [0.05, 0.1) is 12.9 Å². The van der Waals surface area contributed by atoms with Crippen molar-refractivity contribution < 1.29 is 19.7 Å². The number of nitrogens with zero attached hydrogens (tertiary/aromatic N) is 3. The molecule has 0 aromatic carbocycles. The van der Waals surface area contributed by atoms with E-state index in [2.05, 4.69) is 15.0 Å². The van der Waals surface area contributed by atoms with E-state index in [9.17, 15) is 15.0 Å². The number of fused-ring (bicyclic) bond motifs is 1. The highest BCUT2D eigenvalue weighted by molar-refractivity contribution is 5.70. The molecule has 1 aliphatic heterocycles. The van der Waals surface area contributed by atoms with Crippen LogP contribution in [0.15, 0.2) is 11.1 Å². The van der Waals surface area contributed by atoms with E-state index < -0.39 is 30.1 Å². The number of nitrogens with one attached hydrogen (secondary N) is 1. The van der Waals surface area contributed by atoms with Gasteiger partial charge in [0.2, 0.25) is 5.95 Å². The van der Waals surface area contributed by atoms with Gasteiger partial charge in [0.25, 0.3) is 5.56 Å². The first-order valence-electron chi connectivity index (χ1n) is 6.26. The number of ether oxygens (including phenoxy) is 2. The minimum absolute atomic E-state index is 0.0551. The molecule has 3 heterocycles. The van der Waals surface area contributed by atoms with Crippen molar-refractivity contribution in [2.24, 2.45) is 0 Å². The minimum Gasteiger partial charge on any atom is -0.394 e. The Bertz CT molecular complexity index is 713. The van der Waals surface area contributed by atoms with Crippen molar-refractivity contribution >= 4 is 17.1 Å². The van der Waals surface area contributed by atoms with Gasteiger partial charge in [-0.1, -0.05) is 0 Å². The molecule has 0 amide bonds. The van der Waals surface area contributed by atoms with E-state index in [1.54, 1.807) is 0 Å². The van der Waals surface area contributed by atoms with Gasteiger partial charge in [-0.25, -0.2) is 4.98 Å². The Labute approximate surface area is 118 Å². The molecule has 0 radical (unpaired) electrons. The van der Waals surface area contributed by atoms with E-state index in [0.717, 1.165) is 0 Å². The third kappa shape index (κ3) is 2.08. The van der Waals surface area contributed by atoms with Gasteiger partial charge in [-0.15, -0.1) is 0 Å². The molecule has 10 heteroatoms. The highest BCUT2D eigenvalue weighted by atomic mass is 16.6. The number of methoxy groups -OCH3 is 1. The average molecular weight is 297 g/mol. The molecule has 5 N–H and O–H groups in total. The fraction of sp³-hybridized carbons (Fsp3) is 0.545. The van der Waals surface area contributed by atoms with Gasteiger partial charge in [0.15, 0.2) is 17.4 Å². The molecule has 4 atom stereocenters. The fourth-order valence-corrected chi connectivity index (χ4v) is 2.48. The van der Waals surface area contributed by atoms with Crippen LogP contribution in [0.5, 0.6) is 0 Å². The van der Waals surface area contributed by atoms with Crippen LogP contribution in [0.2, 0.25) is 0 Å². The van der Waals surface area contributed by atoms with Crippen LogP contribution in [-0.4, -0.2) is 61.8 Å². The molecular weight excluding hydrogens is 282 g/mol. The first kappa shape index (κ1) is 13.9. The molecule has 114 valence electrons. The second-order valence-electron chi connectivity index (χ2n) is 4.71. The van der Waals surface area contributed by atoms with Crippen LogP contribution in [0, 0.1) is 0 Å². The van der Waals surface area contributed by atoms with Gasteiger partial charge < -0.3 is 25.4 Å². The predicted octanol–water partition coefficient (Wildman–Crippen LogP) is -2.03. The summed E-state index contributed by atoms with van der Waals surface area (Å²) in [6.07, 6.45) is -1.96. The third-order valence-corrected chi connectivity index (χ3v) is 3.49. The summed E-state index contributed by atoms with van der Waals surface area (Å²) in [6, 6.07) is 0. The average Bonchev–Trinajstić information content (AvgIpc) is 2.99. The van der Waals surface area contributed by atoms with Crippen molar-refractivity contribution in [3.63, 3.8) is 0 Å². The zero-order chi connectivity index (χ0) is 15.1. The number of aromatic amines is 1. The van der Waals surface area contributed by atoms with Crippen LogP contribution < -0.4 is 11.3 Å². The van der Waals surface area contributed by atoms with E-state index in [0.29, 0.717) is 0 Å². The number of aromatic nitrogens is 4. The third-order valence-electron chi connectivity index (χ3n) is 3.49. The van der Waals surface area contributed by atoms with Crippen LogP contribution in [0.3, 0.4) is 0 Å². The summed E-state index contributed by atoms with van der Waals surface area (Å²) in [6.45, 7) is -0.361. The molecule has 1 saturated heterocycles. The summed E-state index contributed by atoms with van der Waals surface area (Å²) in [4.78, 5) is 22.1. The number of hydrogen-bond acceptors (Lipinski definition) is 8. The first-order chi connectivity index (χ1) is 10.1. The van der Waals surface area contributed by atoms with Crippen molar-refractivity contribution in [3.8, 4) is 0 Å². The topological polar surface area (TPSA) is 149 Å². The smallest absolute Gasteiger partial charge is 0.280 e. The van der Waals surface area contributed by atoms with E-state index >= 15 is 0 Å². The molecule has 21 heavy (non-hydrogen) atoms. The molecule has 0 bridgehead atoms. The van der Waals surface area contributed by atoms with Crippen molar-refractivity contribution in [1.29, 1.82) is 0 Å². The summed E-state index contributed by atoms with van der Waals surface area (Å²) >= 11 is 0. The van der Waals surface area contributed by atoms with Gasteiger partial charge >= 0.3 is 0 Å². The van der Waals surface area contributed by atoms with Crippen molar-refractivity contribution in [1.82, 2.24) is 19.5 Å². The van der Waals surface area contributed by atoms with Crippen LogP contribution in [-0.2, 0) is 9.47 Å². The number of rotatable bonds is 3. The van der Waals surface area contributed by atoms with Crippen LogP contribution in [0.4, 0.5) is 5.95 Å². The van der Waals surface area contributed by atoms with E-state index in [1.807, 2.05) is 0 Å². The zero-order valence-electron chi connectivity index (χ0n) is 11.1. The Balaban J connectivity index is 2.10. The molecule has 2 aromatic heterocycles. The first-order valence-corrected chi connectivity index (χ1v) is 6.26. The number of hydrogen-bond donors (Lipinski definition) is 4. The zero-order valence-corrected chi connectivity index (χ0v) is 11.1. The molecule has 0 aliphatic carbocycles. The predicted molar refractivity (Wildman–Crippen MR) is 70.4 cm³/mol. The van der Waals surface area contributed by atoms with Gasteiger partial charge in [-0.05, 0) is 0 Å². The number of anilines is 1. The van der Waals surface area contributed by atoms with Gasteiger partial charge in [-0.3, -0.25) is 14.3 Å². The highest BCUT2D eigenvalue weighted by Crippen LogP contribution is 2.32. The van der Waals surface area contributed by atoms with Gasteiger partial charge in [0, 0.05) is 7.11 Å². The maximum atomic E-state index is 11.8. The maximum Gasteiger partial charge on any atom is 0.280 e. The minimum atomic E-state index is -1.01.